The van der Waals surface area contributed by atoms with Gasteiger partial charge in [0.25, 0.3) is 0 Å². The third-order valence-electron chi connectivity index (χ3n) is 5.21. The van der Waals surface area contributed by atoms with Gasteiger partial charge >= 0.3 is 5.97 Å². The van der Waals surface area contributed by atoms with Crippen LogP contribution in [0, 0.1) is 5.92 Å². The molecule has 0 aromatic rings. The molecule has 2 fully saturated rings. The molecule has 2 aliphatic carbocycles. The predicted octanol–water partition coefficient (Wildman–Crippen LogP) is 2.57. The van der Waals surface area contributed by atoms with Crippen molar-refractivity contribution >= 4 is 5.97 Å². The van der Waals surface area contributed by atoms with Gasteiger partial charge in [-0.3, -0.25) is 10.1 Å². The van der Waals surface area contributed by atoms with Crippen LogP contribution in [0.25, 0.3) is 0 Å². The maximum atomic E-state index is 12.2. The average molecular weight is 296 g/mol. The topological polar surface area (TPSA) is 41.6 Å². The second-order valence-corrected chi connectivity index (χ2v) is 7.39. The van der Waals surface area contributed by atoms with Crippen LogP contribution in [0.4, 0.5) is 0 Å². The van der Waals surface area contributed by atoms with Crippen molar-refractivity contribution < 1.29 is 9.53 Å². The Balaban J connectivity index is 1.89. The number of carbonyl (C=O) groups excluding carboxylic acids is 1. The Bertz CT molecular complexity index is 351. The maximum Gasteiger partial charge on any atom is 0.325 e. The van der Waals surface area contributed by atoms with E-state index in [1.165, 1.54) is 45.6 Å². The summed E-state index contributed by atoms with van der Waals surface area (Å²) in [5.41, 5.74) is -0.556. The number of carbonyl (C=O) groups is 1. The zero-order valence-electron chi connectivity index (χ0n) is 14.2. The van der Waals surface area contributed by atoms with Gasteiger partial charge in [0.1, 0.15) is 5.54 Å². The van der Waals surface area contributed by atoms with Gasteiger partial charge in [-0.1, -0.05) is 12.8 Å². The number of esters is 1. The van der Waals surface area contributed by atoms with Crippen molar-refractivity contribution in [2.75, 3.05) is 20.7 Å². The van der Waals surface area contributed by atoms with Crippen molar-refractivity contribution in [2.24, 2.45) is 5.92 Å². The van der Waals surface area contributed by atoms with Crippen LogP contribution in [0.5, 0.6) is 0 Å². The van der Waals surface area contributed by atoms with Crippen molar-refractivity contribution in [3.8, 4) is 0 Å². The number of nitrogens with zero attached hydrogens (tertiary/aromatic N) is 1. The quantitative estimate of drug-likeness (QED) is 0.699. The van der Waals surface area contributed by atoms with E-state index >= 15 is 0 Å². The number of nitrogens with one attached hydrogen (secondary N) is 1. The minimum atomic E-state index is -0.556. The summed E-state index contributed by atoms with van der Waals surface area (Å²) < 4.78 is 5.04. The molecule has 2 saturated carbocycles. The van der Waals surface area contributed by atoms with E-state index < -0.39 is 5.54 Å². The summed E-state index contributed by atoms with van der Waals surface area (Å²) in [4.78, 5) is 14.6. The fraction of sp³-hybridized carbons (Fsp3) is 0.941. The molecule has 4 nitrogen and oxygen atoms in total. The van der Waals surface area contributed by atoms with Crippen LogP contribution in [-0.2, 0) is 9.53 Å². The average Bonchev–Trinajstić information content (AvgIpc) is 3.10. The van der Waals surface area contributed by atoms with Gasteiger partial charge in [-0.15, -0.1) is 0 Å². The van der Waals surface area contributed by atoms with E-state index in [1.54, 1.807) is 0 Å². The first kappa shape index (κ1) is 16.8. The first-order chi connectivity index (χ1) is 9.94. The highest BCUT2D eigenvalue weighted by Gasteiger charge is 2.41. The Morgan fingerprint density at radius 2 is 1.95 bits per heavy atom. The molecule has 0 bridgehead atoms. The van der Waals surface area contributed by atoms with Gasteiger partial charge in [-0.05, 0) is 58.9 Å². The summed E-state index contributed by atoms with van der Waals surface area (Å²) in [6, 6.07) is 0.877. The van der Waals surface area contributed by atoms with Gasteiger partial charge in [-0.2, -0.15) is 0 Å². The molecule has 2 unspecified atom stereocenters. The molecule has 2 aliphatic rings. The largest absolute Gasteiger partial charge is 0.468 e. The van der Waals surface area contributed by atoms with E-state index in [9.17, 15) is 4.79 Å². The molecule has 0 aromatic carbocycles. The van der Waals surface area contributed by atoms with Crippen molar-refractivity contribution in [1.82, 2.24) is 10.2 Å². The van der Waals surface area contributed by atoms with Gasteiger partial charge in [-0.25, -0.2) is 0 Å². The molecule has 0 amide bonds. The lowest BCUT2D eigenvalue weighted by Gasteiger charge is -2.35. The Morgan fingerprint density at radius 1 is 1.33 bits per heavy atom. The maximum absolute atomic E-state index is 12.2. The highest BCUT2D eigenvalue weighted by atomic mass is 16.5. The molecule has 0 aromatic heterocycles. The van der Waals surface area contributed by atoms with Crippen LogP contribution < -0.4 is 5.32 Å². The molecule has 2 rings (SSSR count). The molecule has 2 atom stereocenters. The third-order valence-corrected chi connectivity index (χ3v) is 5.21. The van der Waals surface area contributed by atoms with Gasteiger partial charge in [0.05, 0.1) is 7.11 Å². The van der Waals surface area contributed by atoms with E-state index in [4.69, 9.17) is 4.74 Å². The van der Waals surface area contributed by atoms with Crippen LogP contribution in [0.15, 0.2) is 0 Å². The number of methoxy groups -OCH3 is 1. The zero-order valence-corrected chi connectivity index (χ0v) is 14.2. The van der Waals surface area contributed by atoms with Gasteiger partial charge in [0.15, 0.2) is 0 Å². The minimum Gasteiger partial charge on any atom is -0.468 e. The SMILES string of the molecule is COC(=O)C(C)(CC(C)N(C)CC1CCCC1)NC1CC1. The molecule has 4 heteroatoms. The molecule has 0 heterocycles. The predicted molar refractivity (Wildman–Crippen MR) is 85.2 cm³/mol. The Hall–Kier alpha value is -0.610. The number of hydrogen-bond donors (Lipinski definition) is 1. The molecule has 21 heavy (non-hydrogen) atoms. The molecule has 0 saturated heterocycles. The lowest BCUT2D eigenvalue weighted by molar-refractivity contribution is -0.149. The fourth-order valence-corrected chi connectivity index (χ4v) is 3.63. The summed E-state index contributed by atoms with van der Waals surface area (Å²) in [5, 5.41) is 3.50. The summed E-state index contributed by atoms with van der Waals surface area (Å²) in [5.74, 6) is 0.716. The smallest absolute Gasteiger partial charge is 0.325 e. The van der Waals surface area contributed by atoms with Crippen molar-refractivity contribution in [3.05, 3.63) is 0 Å². The standard InChI is InChI=1S/C17H32N2O2/c1-13(19(3)12-14-7-5-6-8-14)11-17(2,16(20)21-4)18-15-9-10-15/h13-15,18H,5-12H2,1-4H3. The van der Waals surface area contributed by atoms with E-state index in [0.717, 1.165) is 18.9 Å². The number of ether oxygens (including phenoxy) is 1. The fourth-order valence-electron chi connectivity index (χ4n) is 3.63. The monoisotopic (exact) mass is 296 g/mol. The second kappa shape index (κ2) is 7.10. The minimum absolute atomic E-state index is 0.129. The second-order valence-electron chi connectivity index (χ2n) is 7.39. The van der Waals surface area contributed by atoms with Gasteiger partial charge in [0.2, 0.25) is 0 Å². The van der Waals surface area contributed by atoms with Crippen molar-refractivity contribution in [1.29, 1.82) is 0 Å². The normalized spacial score (nSPS) is 24.0. The van der Waals surface area contributed by atoms with Crippen LogP contribution >= 0.6 is 0 Å². The number of hydrogen-bond acceptors (Lipinski definition) is 4. The zero-order chi connectivity index (χ0) is 15.5. The Morgan fingerprint density at radius 3 is 2.48 bits per heavy atom. The molecular weight excluding hydrogens is 264 g/mol. The lowest BCUT2D eigenvalue weighted by atomic mass is 9.92. The number of rotatable bonds is 8. The van der Waals surface area contributed by atoms with Crippen LogP contribution in [0.1, 0.15) is 58.8 Å². The van der Waals surface area contributed by atoms with E-state index in [1.807, 2.05) is 6.92 Å². The highest BCUT2D eigenvalue weighted by molar-refractivity contribution is 5.80. The van der Waals surface area contributed by atoms with Gasteiger partial charge in [0, 0.05) is 18.6 Å². The molecule has 0 radical (unpaired) electrons. The summed E-state index contributed by atoms with van der Waals surface area (Å²) in [6.45, 7) is 5.38. The van der Waals surface area contributed by atoms with E-state index in [2.05, 4.69) is 24.2 Å². The van der Waals surface area contributed by atoms with Crippen molar-refractivity contribution in [2.45, 2.75) is 76.4 Å². The van der Waals surface area contributed by atoms with Gasteiger partial charge < -0.3 is 9.64 Å². The summed E-state index contributed by atoms with van der Waals surface area (Å²) >= 11 is 0. The molecular formula is C17H32N2O2. The first-order valence-corrected chi connectivity index (χ1v) is 8.51. The van der Waals surface area contributed by atoms with E-state index in [0.29, 0.717) is 12.1 Å². The summed E-state index contributed by atoms with van der Waals surface area (Å²) in [6.07, 6.45) is 8.67. The van der Waals surface area contributed by atoms with Crippen LogP contribution in [-0.4, -0.2) is 49.2 Å². The Labute approximate surface area is 129 Å². The Kier molecular flexibility index (Phi) is 5.67. The molecule has 1 N–H and O–H groups in total. The molecule has 0 aliphatic heterocycles. The molecule has 0 spiro atoms. The lowest BCUT2D eigenvalue weighted by Crippen LogP contribution is -2.54. The van der Waals surface area contributed by atoms with E-state index in [-0.39, 0.29) is 5.97 Å². The van der Waals surface area contributed by atoms with Crippen LogP contribution in [0.2, 0.25) is 0 Å². The summed E-state index contributed by atoms with van der Waals surface area (Å²) in [7, 11) is 3.68. The highest BCUT2D eigenvalue weighted by Crippen LogP contribution is 2.28. The third kappa shape index (κ3) is 4.68. The van der Waals surface area contributed by atoms with Crippen LogP contribution in [0.3, 0.4) is 0 Å². The first-order valence-electron chi connectivity index (χ1n) is 8.51. The molecule has 122 valence electrons. The van der Waals surface area contributed by atoms with Crippen molar-refractivity contribution in [3.63, 3.8) is 0 Å².